The Kier molecular flexibility index (Phi) is 7.37. The average Bonchev–Trinajstić information content (AvgIpc) is 3.52. The molecule has 3 aliphatic heterocycles. The molecule has 1 aromatic carbocycles. The minimum Gasteiger partial charge on any atom is -0.466 e. The third kappa shape index (κ3) is 5.43. The summed E-state index contributed by atoms with van der Waals surface area (Å²) in [6.45, 7) is 4.83. The Hall–Kier alpha value is -2.77. The van der Waals surface area contributed by atoms with Crippen LogP contribution in [0.2, 0.25) is 0 Å². The van der Waals surface area contributed by atoms with Crippen molar-refractivity contribution in [1.82, 2.24) is 10.8 Å². The minimum absolute atomic E-state index is 0.115. The summed E-state index contributed by atoms with van der Waals surface area (Å²) in [5, 5.41) is 3.01. The smallest absolute Gasteiger partial charge is 0.408 e. The molecule has 2 N–H and O–H groups in total. The van der Waals surface area contributed by atoms with E-state index in [1.165, 1.54) is 0 Å². The largest absolute Gasteiger partial charge is 0.466 e. The van der Waals surface area contributed by atoms with E-state index in [-0.39, 0.29) is 19.6 Å². The number of nitrogens with zero attached hydrogens (tertiary/aromatic N) is 1. The molecule has 2 saturated heterocycles. The van der Waals surface area contributed by atoms with Crippen LogP contribution in [-0.2, 0) is 44.7 Å². The molecule has 1 saturated carbocycles. The number of carbonyl (C=O) groups is 2. The Labute approximate surface area is 214 Å². The van der Waals surface area contributed by atoms with Gasteiger partial charge in [0.25, 0.3) is 0 Å². The van der Waals surface area contributed by atoms with Gasteiger partial charge in [0.15, 0.2) is 12.1 Å². The lowest BCUT2D eigenvalue weighted by Crippen LogP contribution is -2.61. The fourth-order valence-electron chi connectivity index (χ4n) is 5.04. The standard InChI is InChI=1S/C25H33N3O9/c1-3-31-19(29)15-25(21-35-17(2)36-21)26-20(28-37-25)23(9-11-24(12-10-23)33-13-14-34-24)27-22(30)32-16-18-7-5-4-6-8-18/h4-8,17,21H,3,9-16H2,1-2H3,(H,26,28)(H,27,30). The number of aliphatic imine (C=N–C) groups is 1. The number of benzene rings is 1. The normalized spacial score (nSPS) is 29.6. The van der Waals surface area contributed by atoms with Crippen molar-refractivity contribution in [1.29, 1.82) is 0 Å². The molecule has 12 heteroatoms. The first kappa shape index (κ1) is 25.9. The second-order valence-corrected chi connectivity index (χ2v) is 9.54. The van der Waals surface area contributed by atoms with E-state index >= 15 is 0 Å². The van der Waals surface area contributed by atoms with Crippen molar-refractivity contribution in [3.8, 4) is 0 Å². The molecule has 5 rings (SSSR count). The first-order valence-corrected chi connectivity index (χ1v) is 12.6. The van der Waals surface area contributed by atoms with E-state index in [0.29, 0.717) is 44.7 Å². The first-order valence-electron chi connectivity index (χ1n) is 12.6. The number of hydrogen-bond acceptors (Lipinski definition) is 11. The van der Waals surface area contributed by atoms with Crippen LogP contribution in [0.4, 0.5) is 4.79 Å². The highest BCUT2D eigenvalue weighted by Crippen LogP contribution is 2.43. The molecule has 1 aliphatic carbocycles. The first-order chi connectivity index (χ1) is 17.9. The van der Waals surface area contributed by atoms with Crippen LogP contribution in [0, 0.1) is 0 Å². The SMILES string of the molecule is CCOC(=O)CC1(C2OC(C)O2)N=C(C2(NC(=O)OCc3ccccc3)CCC3(CC2)OCCO3)NO1. The monoisotopic (exact) mass is 519 g/mol. The summed E-state index contributed by atoms with van der Waals surface area (Å²) in [6, 6.07) is 9.41. The second-order valence-electron chi connectivity index (χ2n) is 9.54. The number of rotatable bonds is 8. The second kappa shape index (κ2) is 10.5. The molecule has 12 nitrogen and oxygen atoms in total. The average molecular weight is 520 g/mol. The number of amides is 1. The van der Waals surface area contributed by atoms with Gasteiger partial charge in [-0.25, -0.2) is 20.1 Å². The molecule has 3 fully saturated rings. The van der Waals surface area contributed by atoms with E-state index in [0.717, 1.165) is 5.56 Å². The number of hydrogen-bond donors (Lipinski definition) is 2. The Bertz CT molecular complexity index is 998. The van der Waals surface area contributed by atoms with Crippen molar-refractivity contribution >= 4 is 17.9 Å². The Morgan fingerprint density at radius 2 is 1.78 bits per heavy atom. The van der Waals surface area contributed by atoms with Gasteiger partial charge >= 0.3 is 12.1 Å². The molecular formula is C25H33N3O9. The quantitative estimate of drug-likeness (QED) is 0.493. The van der Waals surface area contributed by atoms with Gasteiger partial charge < -0.3 is 33.7 Å². The predicted octanol–water partition coefficient (Wildman–Crippen LogP) is 2.27. The molecule has 1 atom stereocenters. The molecule has 1 unspecified atom stereocenters. The molecular weight excluding hydrogens is 486 g/mol. The van der Waals surface area contributed by atoms with Gasteiger partial charge in [-0.05, 0) is 32.3 Å². The van der Waals surface area contributed by atoms with Gasteiger partial charge in [-0.15, -0.1) is 0 Å². The van der Waals surface area contributed by atoms with Crippen molar-refractivity contribution in [2.24, 2.45) is 4.99 Å². The molecule has 0 radical (unpaired) electrons. The number of ether oxygens (including phenoxy) is 6. The van der Waals surface area contributed by atoms with Gasteiger partial charge in [-0.1, -0.05) is 30.3 Å². The molecule has 0 bridgehead atoms. The lowest BCUT2D eigenvalue weighted by atomic mass is 9.77. The van der Waals surface area contributed by atoms with E-state index in [1.807, 2.05) is 30.3 Å². The summed E-state index contributed by atoms with van der Waals surface area (Å²) in [5.74, 6) is -0.856. The zero-order valence-corrected chi connectivity index (χ0v) is 21.0. The highest BCUT2D eigenvalue weighted by Gasteiger charge is 2.58. The van der Waals surface area contributed by atoms with Gasteiger partial charge in [0.1, 0.15) is 24.4 Å². The van der Waals surface area contributed by atoms with Crippen LogP contribution in [0.3, 0.4) is 0 Å². The van der Waals surface area contributed by atoms with E-state index in [4.69, 9.17) is 38.3 Å². The Morgan fingerprint density at radius 3 is 2.43 bits per heavy atom. The van der Waals surface area contributed by atoms with Crippen LogP contribution in [0.15, 0.2) is 35.3 Å². The molecule has 202 valence electrons. The van der Waals surface area contributed by atoms with Crippen LogP contribution >= 0.6 is 0 Å². The van der Waals surface area contributed by atoms with Crippen LogP contribution in [-0.4, -0.2) is 67.3 Å². The number of carbonyl (C=O) groups excluding carboxylic acids is 2. The van der Waals surface area contributed by atoms with Crippen molar-refractivity contribution in [3.63, 3.8) is 0 Å². The highest BCUT2D eigenvalue weighted by atomic mass is 16.9. The van der Waals surface area contributed by atoms with Crippen LogP contribution in [0.1, 0.15) is 51.5 Å². The van der Waals surface area contributed by atoms with Gasteiger partial charge in [0.05, 0.1) is 19.8 Å². The number of hydroxylamine groups is 1. The summed E-state index contributed by atoms with van der Waals surface area (Å²) in [5.41, 5.74) is 1.23. The number of alkyl carbamates (subject to hydrolysis) is 1. The van der Waals surface area contributed by atoms with E-state index in [9.17, 15) is 9.59 Å². The molecule has 0 aromatic heterocycles. The summed E-state index contributed by atoms with van der Waals surface area (Å²) < 4.78 is 33.7. The molecule has 3 heterocycles. The maximum Gasteiger partial charge on any atom is 0.408 e. The van der Waals surface area contributed by atoms with Crippen LogP contribution in [0.5, 0.6) is 0 Å². The van der Waals surface area contributed by atoms with Gasteiger partial charge in [0.2, 0.25) is 12.0 Å². The van der Waals surface area contributed by atoms with Crippen molar-refractivity contribution in [2.75, 3.05) is 19.8 Å². The van der Waals surface area contributed by atoms with Gasteiger partial charge in [-0.3, -0.25) is 4.79 Å². The van der Waals surface area contributed by atoms with E-state index < -0.39 is 41.7 Å². The summed E-state index contributed by atoms with van der Waals surface area (Å²) in [7, 11) is 0. The third-order valence-electron chi connectivity index (χ3n) is 7.01. The zero-order valence-electron chi connectivity index (χ0n) is 21.0. The van der Waals surface area contributed by atoms with Crippen LogP contribution in [0.25, 0.3) is 0 Å². The predicted molar refractivity (Wildman–Crippen MR) is 127 cm³/mol. The van der Waals surface area contributed by atoms with Crippen molar-refractivity contribution in [2.45, 2.75) is 82.2 Å². The van der Waals surface area contributed by atoms with Gasteiger partial charge in [0, 0.05) is 12.8 Å². The van der Waals surface area contributed by atoms with Crippen molar-refractivity contribution in [3.05, 3.63) is 35.9 Å². The summed E-state index contributed by atoms with van der Waals surface area (Å²) in [6.07, 6.45) is -0.323. The topological polar surface area (TPSA) is 135 Å². The third-order valence-corrected chi connectivity index (χ3v) is 7.01. The fourth-order valence-corrected chi connectivity index (χ4v) is 5.04. The summed E-state index contributed by atoms with van der Waals surface area (Å²) >= 11 is 0. The van der Waals surface area contributed by atoms with Crippen LogP contribution < -0.4 is 10.8 Å². The number of esters is 1. The van der Waals surface area contributed by atoms with Gasteiger partial charge in [-0.2, -0.15) is 0 Å². The number of nitrogens with one attached hydrogen (secondary N) is 2. The molecule has 1 amide bonds. The Morgan fingerprint density at radius 1 is 1.08 bits per heavy atom. The maximum atomic E-state index is 13.0. The van der Waals surface area contributed by atoms with Crippen molar-refractivity contribution < 1.29 is 42.8 Å². The van der Waals surface area contributed by atoms with E-state index in [1.54, 1.807) is 13.8 Å². The Balaban J connectivity index is 1.37. The molecule has 37 heavy (non-hydrogen) atoms. The summed E-state index contributed by atoms with van der Waals surface area (Å²) in [4.78, 5) is 36.0. The fraction of sp³-hybridized carbons (Fsp3) is 0.640. The lowest BCUT2D eigenvalue weighted by Gasteiger charge is -2.43. The number of amidine groups is 1. The molecule has 1 spiro atoms. The maximum absolute atomic E-state index is 13.0. The molecule has 1 aromatic rings. The van der Waals surface area contributed by atoms with E-state index in [2.05, 4.69) is 10.8 Å². The minimum atomic E-state index is -1.51. The highest BCUT2D eigenvalue weighted by molar-refractivity contribution is 5.95. The molecule has 4 aliphatic rings. The zero-order chi connectivity index (χ0) is 25.9. The lowest BCUT2D eigenvalue weighted by molar-refractivity contribution is -0.423.